The average molecular weight is 408 g/mol. The highest BCUT2D eigenvalue weighted by atomic mass is 35.5. The number of benzene rings is 2. The second-order valence-corrected chi connectivity index (χ2v) is 7.00. The zero-order valence-electron chi connectivity index (χ0n) is 16.4. The van der Waals surface area contributed by atoms with E-state index in [2.05, 4.69) is 4.90 Å². The van der Waals surface area contributed by atoms with Crippen molar-refractivity contribution in [3.63, 3.8) is 0 Å². The van der Waals surface area contributed by atoms with E-state index in [1.807, 2.05) is 36.4 Å². The second-order valence-electron chi connectivity index (χ2n) is 6.59. The van der Waals surface area contributed by atoms with Gasteiger partial charge in [-0.05, 0) is 35.4 Å². The lowest BCUT2D eigenvalue weighted by molar-refractivity contribution is -0.0961. The SMILES string of the molecule is COc1ccc(CN2CCO[C@H](CO)[C@H]2c2ccc(OC)c(OC)c2)cc1Cl. The normalized spacial score (nSPS) is 20.0. The number of hydrogen-bond donors (Lipinski definition) is 1. The monoisotopic (exact) mass is 407 g/mol. The molecule has 152 valence electrons. The molecule has 0 unspecified atom stereocenters. The van der Waals surface area contributed by atoms with Crippen molar-refractivity contribution in [3.8, 4) is 17.2 Å². The van der Waals surface area contributed by atoms with Crippen molar-refractivity contribution in [2.24, 2.45) is 0 Å². The summed E-state index contributed by atoms with van der Waals surface area (Å²) < 4.78 is 21.9. The van der Waals surface area contributed by atoms with Crippen LogP contribution in [0.3, 0.4) is 0 Å². The molecule has 0 saturated carbocycles. The maximum absolute atomic E-state index is 9.90. The van der Waals surface area contributed by atoms with Crippen LogP contribution in [0.15, 0.2) is 36.4 Å². The Labute approximate surface area is 170 Å². The highest BCUT2D eigenvalue weighted by Crippen LogP contribution is 2.36. The third-order valence-corrected chi connectivity index (χ3v) is 5.28. The molecule has 1 fully saturated rings. The maximum atomic E-state index is 9.90. The third kappa shape index (κ3) is 4.36. The third-order valence-electron chi connectivity index (χ3n) is 4.99. The van der Waals surface area contributed by atoms with E-state index in [0.29, 0.717) is 35.4 Å². The first kappa shape index (κ1) is 20.7. The number of morpholine rings is 1. The Balaban J connectivity index is 1.91. The molecule has 0 amide bonds. The molecule has 1 N–H and O–H groups in total. The van der Waals surface area contributed by atoms with Crippen molar-refractivity contribution in [3.05, 3.63) is 52.5 Å². The molecule has 0 radical (unpaired) electrons. The highest BCUT2D eigenvalue weighted by molar-refractivity contribution is 6.32. The highest BCUT2D eigenvalue weighted by Gasteiger charge is 2.34. The second kappa shape index (κ2) is 9.47. The predicted molar refractivity (Wildman–Crippen MR) is 108 cm³/mol. The molecule has 1 heterocycles. The summed E-state index contributed by atoms with van der Waals surface area (Å²) >= 11 is 6.29. The van der Waals surface area contributed by atoms with Crippen molar-refractivity contribution in [1.82, 2.24) is 4.90 Å². The lowest BCUT2D eigenvalue weighted by atomic mass is 9.97. The number of aliphatic hydroxyl groups excluding tert-OH is 1. The minimum absolute atomic E-state index is 0.0706. The van der Waals surface area contributed by atoms with Gasteiger partial charge in [0.1, 0.15) is 11.9 Å². The van der Waals surface area contributed by atoms with Gasteiger partial charge in [-0.25, -0.2) is 0 Å². The van der Waals surface area contributed by atoms with Crippen molar-refractivity contribution in [2.45, 2.75) is 18.7 Å². The van der Waals surface area contributed by atoms with Crippen LogP contribution in [0.25, 0.3) is 0 Å². The first-order valence-corrected chi connectivity index (χ1v) is 9.50. The Morgan fingerprint density at radius 1 is 1.04 bits per heavy atom. The van der Waals surface area contributed by atoms with Gasteiger partial charge in [-0.2, -0.15) is 0 Å². The molecule has 1 saturated heterocycles. The first-order chi connectivity index (χ1) is 13.6. The van der Waals surface area contributed by atoms with E-state index in [9.17, 15) is 5.11 Å². The van der Waals surface area contributed by atoms with Gasteiger partial charge in [0.05, 0.1) is 45.6 Å². The molecule has 1 aliphatic heterocycles. The smallest absolute Gasteiger partial charge is 0.161 e. The number of ether oxygens (including phenoxy) is 4. The van der Waals surface area contributed by atoms with Crippen LogP contribution in [-0.4, -0.2) is 57.2 Å². The summed E-state index contributed by atoms with van der Waals surface area (Å²) in [6.45, 7) is 1.89. The summed E-state index contributed by atoms with van der Waals surface area (Å²) in [5, 5.41) is 10.5. The molecule has 0 spiro atoms. The summed E-state index contributed by atoms with van der Waals surface area (Å²) in [5.41, 5.74) is 2.06. The number of methoxy groups -OCH3 is 3. The summed E-state index contributed by atoms with van der Waals surface area (Å²) in [7, 11) is 4.82. The fourth-order valence-corrected chi connectivity index (χ4v) is 3.90. The summed E-state index contributed by atoms with van der Waals surface area (Å²) in [6.07, 6.45) is -0.333. The van der Waals surface area contributed by atoms with Crippen LogP contribution in [0.1, 0.15) is 17.2 Å². The minimum Gasteiger partial charge on any atom is -0.495 e. The molecule has 2 aromatic carbocycles. The molecule has 0 aliphatic carbocycles. The minimum atomic E-state index is -0.333. The Hall–Kier alpha value is -1.99. The Bertz CT molecular complexity index is 800. The number of rotatable bonds is 7. The Kier molecular flexibility index (Phi) is 7.02. The first-order valence-electron chi connectivity index (χ1n) is 9.12. The van der Waals surface area contributed by atoms with Crippen molar-refractivity contribution in [1.29, 1.82) is 0 Å². The molecule has 1 aliphatic rings. The zero-order valence-corrected chi connectivity index (χ0v) is 17.1. The van der Waals surface area contributed by atoms with Gasteiger partial charge in [0.15, 0.2) is 11.5 Å². The molecule has 28 heavy (non-hydrogen) atoms. The van der Waals surface area contributed by atoms with Crippen LogP contribution in [0, 0.1) is 0 Å². The van der Waals surface area contributed by atoms with Crippen molar-refractivity contribution in [2.75, 3.05) is 41.1 Å². The van der Waals surface area contributed by atoms with Gasteiger partial charge < -0.3 is 24.1 Å². The van der Waals surface area contributed by atoms with E-state index >= 15 is 0 Å². The van der Waals surface area contributed by atoms with Crippen LogP contribution in [0.2, 0.25) is 5.02 Å². The van der Waals surface area contributed by atoms with Crippen molar-refractivity contribution < 1.29 is 24.1 Å². The van der Waals surface area contributed by atoms with Crippen LogP contribution in [-0.2, 0) is 11.3 Å². The lowest BCUT2D eigenvalue weighted by Crippen LogP contribution is -2.46. The number of hydrogen-bond acceptors (Lipinski definition) is 6. The van der Waals surface area contributed by atoms with Gasteiger partial charge in [0.25, 0.3) is 0 Å². The number of aliphatic hydroxyl groups is 1. The summed E-state index contributed by atoms with van der Waals surface area (Å²) in [5.74, 6) is 1.96. The summed E-state index contributed by atoms with van der Waals surface area (Å²) in [6, 6.07) is 11.5. The molecule has 7 heteroatoms. The number of nitrogens with zero attached hydrogens (tertiary/aromatic N) is 1. The van der Waals surface area contributed by atoms with Crippen LogP contribution in [0.4, 0.5) is 0 Å². The lowest BCUT2D eigenvalue weighted by Gasteiger charge is -2.41. The predicted octanol–water partition coefficient (Wildman–Crippen LogP) is 3.30. The van der Waals surface area contributed by atoms with Crippen molar-refractivity contribution >= 4 is 11.6 Å². The molecule has 0 bridgehead atoms. The van der Waals surface area contributed by atoms with Gasteiger partial charge >= 0.3 is 0 Å². The van der Waals surface area contributed by atoms with Gasteiger partial charge in [-0.15, -0.1) is 0 Å². The van der Waals surface area contributed by atoms with Crippen LogP contribution in [0.5, 0.6) is 17.2 Å². The van der Waals surface area contributed by atoms with E-state index in [1.165, 1.54) is 0 Å². The van der Waals surface area contributed by atoms with Crippen LogP contribution < -0.4 is 14.2 Å². The fraction of sp³-hybridized carbons (Fsp3) is 0.429. The zero-order chi connectivity index (χ0) is 20.1. The topological polar surface area (TPSA) is 60.4 Å². The van der Waals surface area contributed by atoms with E-state index < -0.39 is 0 Å². The largest absolute Gasteiger partial charge is 0.495 e. The van der Waals surface area contributed by atoms with E-state index in [1.54, 1.807) is 21.3 Å². The Morgan fingerprint density at radius 2 is 1.75 bits per heavy atom. The van der Waals surface area contributed by atoms with E-state index in [-0.39, 0.29) is 18.8 Å². The molecular formula is C21H26ClNO5. The van der Waals surface area contributed by atoms with E-state index in [0.717, 1.165) is 17.7 Å². The molecule has 3 rings (SSSR count). The molecule has 2 aromatic rings. The fourth-order valence-electron chi connectivity index (χ4n) is 3.62. The average Bonchev–Trinajstić information content (AvgIpc) is 2.73. The number of halogens is 1. The standard InChI is InChI=1S/C21H26ClNO5/c1-25-17-6-4-14(10-16(17)22)12-23-8-9-28-20(13-24)21(23)15-5-7-18(26-2)19(11-15)27-3/h4-7,10-11,20-21,24H,8-9,12-13H2,1-3H3/t20-,21-/m1/s1. The van der Waals surface area contributed by atoms with Gasteiger partial charge in [-0.3, -0.25) is 4.90 Å². The van der Waals surface area contributed by atoms with Gasteiger partial charge in [-0.1, -0.05) is 23.7 Å². The van der Waals surface area contributed by atoms with Gasteiger partial charge in [0, 0.05) is 13.1 Å². The Morgan fingerprint density at radius 3 is 2.39 bits per heavy atom. The van der Waals surface area contributed by atoms with Gasteiger partial charge in [0.2, 0.25) is 0 Å². The van der Waals surface area contributed by atoms with Crippen LogP contribution >= 0.6 is 11.6 Å². The quantitative estimate of drug-likeness (QED) is 0.760. The summed E-state index contributed by atoms with van der Waals surface area (Å²) in [4.78, 5) is 2.28. The maximum Gasteiger partial charge on any atom is 0.161 e. The molecule has 6 nitrogen and oxygen atoms in total. The molecule has 0 aromatic heterocycles. The molecule has 2 atom stereocenters. The molecular weight excluding hydrogens is 382 g/mol. The van der Waals surface area contributed by atoms with E-state index in [4.69, 9.17) is 30.5 Å².